The molecule has 4 aromatic rings. The number of imide groups is 1. The van der Waals surface area contributed by atoms with Crippen LogP contribution >= 0.6 is 31.0 Å². The molecule has 3 aliphatic heterocycles. The van der Waals surface area contributed by atoms with Crippen LogP contribution < -0.4 is 30.9 Å². The number of unbranched alkanes of at least 4 members (excludes halogenated alkanes) is 7. The van der Waals surface area contributed by atoms with E-state index in [1.54, 1.807) is 48.0 Å². The molecule has 2 saturated heterocycles. The third-order valence-electron chi connectivity index (χ3n) is 12.2. The molecule has 66 heavy (non-hydrogen) atoms. The van der Waals surface area contributed by atoms with E-state index in [1.165, 1.54) is 33.3 Å². The van der Waals surface area contributed by atoms with Gasteiger partial charge in [-0.15, -0.1) is 11.8 Å². The fraction of sp³-hybridized carbons (Fsp3) is 0.447. The number of nitrogens with zero attached hydrogens (tertiary/aromatic N) is 5. The molecule has 0 saturated carbocycles. The van der Waals surface area contributed by atoms with Crippen LogP contribution in [0, 0.1) is 0 Å². The number of nitrogens with one attached hydrogen (secondary N) is 3. The maximum Gasteiger partial charge on any atom is 0.362 e. The molecule has 1 unspecified atom stereocenters. The van der Waals surface area contributed by atoms with E-state index in [-0.39, 0.29) is 46.8 Å². The number of hydrogen-bond donors (Lipinski definition) is 3. The summed E-state index contributed by atoms with van der Waals surface area (Å²) in [5, 5.41) is 9.32. The van der Waals surface area contributed by atoms with Crippen LogP contribution in [0.5, 0.6) is 5.75 Å². The molecule has 16 nitrogen and oxygen atoms in total. The Bertz CT molecular complexity index is 2430. The number of anilines is 5. The molecule has 3 aliphatic rings. The highest BCUT2D eigenvalue weighted by atomic mass is 35.5. The zero-order chi connectivity index (χ0) is 46.6. The fourth-order valence-electron chi connectivity index (χ4n) is 8.52. The van der Waals surface area contributed by atoms with Crippen molar-refractivity contribution in [1.29, 1.82) is 0 Å². The third-order valence-corrected chi connectivity index (χ3v) is 15.6. The first kappa shape index (κ1) is 48.7. The van der Waals surface area contributed by atoms with Crippen molar-refractivity contribution >= 4 is 88.7 Å². The summed E-state index contributed by atoms with van der Waals surface area (Å²) in [6.45, 7) is 3.15. The van der Waals surface area contributed by atoms with Gasteiger partial charge in [0.05, 0.1) is 30.0 Å². The van der Waals surface area contributed by atoms with E-state index < -0.39 is 13.6 Å². The summed E-state index contributed by atoms with van der Waals surface area (Å²) >= 11 is 8.24. The lowest BCUT2D eigenvalue weighted by Crippen LogP contribution is -2.52. The number of piperazine rings is 1. The van der Waals surface area contributed by atoms with Crippen molar-refractivity contribution in [1.82, 2.24) is 25.1 Å². The predicted molar refractivity (Wildman–Crippen MR) is 258 cm³/mol. The smallest absolute Gasteiger partial charge is 0.362 e. The Kier molecular flexibility index (Phi) is 17.0. The van der Waals surface area contributed by atoms with Gasteiger partial charge in [0.25, 0.3) is 5.91 Å². The number of thioether (sulfide) groups is 1. The topological polar surface area (TPSA) is 185 Å². The number of para-hydroxylation sites is 1. The highest BCUT2D eigenvalue weighted by Crippen LogP contribution is 2.47. The largest absolute Gasteiger partial charge is 0.494 e. The van der Waals surface area contributed by atoms with Gasteiger partial charge in [-0.05, 0) is 67.0 Å². The first-order valence-electron chi connectivity index (χ1n) is 22.5. The lowest BCUT2D eigenvalue weighted by atomic mass is 10.0. The minimum Gasteiger partial charge on any atom is -0.494 e. The van der Waals surface area contributed by atoms with Gasteiger partial charge in [0.15, 0.2) is 5.82 Å². The summed E-state index contributed by atoms with van der Waals surface area (Å²) in [5.41, 5.74) is 3.74. The van der Waals surface area contributed by atoms with Gasteiger partial charge in [-0.3, -0.25) is 29.1 Å². The molecular weight excluding hydrogens is 903 g/mol. The van der Waals surface area contributed by atoms with Crippen LogP contribution in [0.2, 0.25) is 5.02 Å². The van der Waals surface area contributed by atoms with Crippen LogP contribution in [0.15, 0.2) is 71.8 Å². The SMILES string of the molecule is COc1cc(N2CCN(C(=O)CCCCCCCCCCSc3cccc4c3CN(C3CCC(=O)NC3=O)C4=O)CC2)ccc1Nc1ncc(Cl)c(Nc2ccccc2P(=O)(OC)OC)n1. The second-order valence-electron chi connectivity index (χ2n) is 16.4. The molecular formula is C47H58ClN8O8PS. The van der Waals surface area contributed by atoms with Gasteiger partial charge < -0.3 is 39.1 Å². The zero-order valence-electron chi connectivity index (χ0n) is 37.7. The zero-order valence-corrected chi connectivity index (χ0v) is 40.2. The maximum atomic E-state index is 13.2. The number of piperidine rings is 1. The molecule has 352 valence electrons. The molecule has 0 spiro atoms. The van der Waals surface area contributed by atoms with Gasteiger partial charge in [-0.25, -0.2) is 4.98 Å². The summed E-state index contributed by atoms with van der Waals surface area (Å²) in [5.74, 6) is 1.53. The second-order valence-corrected chi connectivity index (χ2v) is 20.1. The number of aromatic nitrogens is 2. The van der Waals surface area contributed by atoms with Gasteiger partial charge in [0.2, 0.25) is 23.7 Å². The highest BCUT2D eigenvalue weighted by molar-refractivity contribution is 7.99. The number of rotatable bonds is 22. The monoisotopic (exact) mass is 960 g/mol. The summed E-state index contributed by atoms with van der Waals surface area (Å²) in [4.78, 5) is 66.1. The van der Waals surface area contributed by atoms with Gasteiger partial charge >= 0.3 is 7.60 Å². The van der Waals surface area contributed by atoms with E-state index in [0.717, 1.165) is 60.4 Å². The molecule has 0 aliphatic carbocycles. The molecule has 2 fully saturated rings. The molecule has 1 aromatic heterocycles. The number of halogens is 1. The Hall–Kier alpha value is -5.19. The van der Waals surface area contributed by atoms with Crippen molar-refractivity contribution in [2.45, 2.75) is 88.1 Å². The standard InChI is InChI=1S/C47H58ClN8O8PS/c1-62-39-29-32(20-21-36(39)51-47-49-30-35(48)44(53-47)50-37-16-11-12-17-40(37)65(61,63-2)64-3)54-24-26-55(27-25-54)43(58)19-10-8-6-4-5-7-9-13-28-66-41-18-14-15-33-34(41)31-56(46(33)60)38-22-23-42(57)52-45(38)59/h11-12,14-18,20-21,29-30,38H,4-10,13,19,22-28,31H2,1-3H3,(H,52,57,59)(H2,49,50,51,53). The van der Waals surface area contributed by atoms with E-state index in [2.05, 4.69) is 36.9 Å². The van der Waals surface area contributed by atoms with Crippen molar-refractivity contribution in [3.63, 3.8) is 0 Å². The van der Waals surface area contributed by atoms with E-state index in [9.17, 15) is 23.7 Å². The van der Waals surface area contributed by atoms with Gasteiger partial charge in [-0.2, -0.15) is 4.98 Å². The van der Waals surface area contributed by atoms with Crippen LogP contribution in [0.3, 0.4) is 0 Å². The second kappa shape index (κ2) is 23.0. The number of hydrogen-bond acceptors (Lipinski definition) is 14. The summed E-state index contributed by atoms with van der Waals surface area (Å²) in [6, 6.07) is 18.0. The first-order valence-corrected chi connectivity index (χ1v) is 25.4. The minimum absolute atomic E-state index is 0.134. The molecule has 19 heteroatoms. The molecule has 7 rings (SSSR count). The van der Waals surface area contributed by atoms with Crippen molar-refractivity contribution in [3.05, 3.63) is 83.0 Å². The Morgan fingerprint density at radius 3 is 2.33 bits per heavy atom. The fourth-order valence-corrected chi connectivity index (χ4v) is 11.0. The maximum absolute atomic E-state index is 13.2. The van der Waals surface area contributed by atoms with Gasteiger partial charge in [0, 0.05) is 82.0 Å². The number of fused-ring (bicyclic) bond motifs is 1. The lowest BCUT2D eigenvalue weighted by Gasteiger charge is -2.36. The third kappa shape index (κ3) is 11.8. The van der Waals surface area contributed by atoms with Crippen molar-refractivity contribution in [3.8, 4) is 5.75 Å². The van der Waals surface area contributed by atoms with E-state index in [0.29, 0.717) is 73.6 Å². The average Bonchev–Trinajstić information content (AvgIpc) is 3.67. The van der Waals surface area contributed by atoms with Crippen molar-refractivity contribution < 1.29 is 37.5 Å². The number of benzene rings is 3. The quantitative estimate of drug-likeness (QED) is 0.0295. The molecule has 3 aromatic carbocycles. The number of carbonyl (C=O) groups is 4. The highest BCUT2D eigenvalue weighted by Gasteiger charge is 2.40. The normalized spacial score (nSPS) is 16.3. The summed E-state index contributed by atoms with van der Waals surface area (Å²) in [7, 11) is 0.682. The Balaban J connectivity index is 0.774. The number of ether oxygens (including phenoxy) is 1. The lowest BCUT2D eigenvalue weighted by molar-refractivity contribution is -0.137. The van der Waals surface area contributed by atoms with Crippen molar-refractivity contribution in [2.75, 3.05) is 68.8 Å². The first-order chi connectivity index (χ1) is 32.0. The summed E-state index contributed by atoms with van der Waals surface area (Å²) in [6.07, 6.45) is 11.5. The summed E-state index contributed by atoms with van der Waals surface area (Å²) < 4.78 is 29.4. The van der Waals surface area contributed by atoms with Crippen LogP contribution in [-0.4, -0.2) is 103 Å². The van der Waals surface area contributed by atoms with Gasteiger partial charge in [-0.1, -0.05) is 68.3 Å². The minimum atomic E-state index is -3.57. The van der Waals surface area contributed by atoms with Crippen molar-refractivity contribution in [2.24, 2.45) is 0 Å². The number of methoxy groups -OCH3 is 1. The molecule has 4 amide bonds. The van der Waals surface area contributed by atoms with Crippen LogP contribution in [0.4, 0.5) is 28.8 Å². The number of amides is 4. The van der Waals surface area contributed by atoms with E-state index in [4.69, 9.17) is 25.4 Å². The Morgan fingerprint density at radius 1 is 0.879 bits per heavy atom. The molecule has 0 bridgehead atoms. The van der Waals surface area contributed by atoms with Crippen LogP contribution in [0.25, 0.3) is 0 Å². The molecule has 3 N–H and O–H groups in total. The Labute approximate surface area is 395 Å². The van der Waals surface area contributed by atoms with E-state index >= 15 is 0 Å². The number of carbonyl (C=O) groups excluding carboxylic acids is 4. The molecule has 1 atom stereocenters. The average molecular weight is 962 g/mol. The molecule has 4 heterocycles. The Morgan fingerprint density at radius 2 is 1.61 bits per heavy atom. The molecule has 0 radical (unpaired) electrons. The predicted octanol–water partition coefficient (Wildman–Crippen LogP) is 8.45. The van der Waals surface area contributed by atoms with E-state index in [1.807, 2.05) is 35.2 Å². The van der Waals surface area contributed by atoms with Crippen LogP contribution in [-0.2, 0) is 34.5 Å². The van der Waals surface area contributed by atoms with Crippen LogP contribution in [0.1, 0.15) is 86.6 Å². The van der Waals surface area contributed by atoms with Gasteiger partial charge in [0.1, 0.15) is 16.8 Å².